The normalized spacial score (nSPS) is 13.2. The van der Waals surface area contributed by atoms with E-state index in [1.807, 2.05) is 24.3 Å². The summed E-state index contributed by atoms with van der Waals surface area (Å²) in [5.74, 6) is 0.981. The van der Waals surface area contributed by atoms with Gasteiger partial charge in [-0.05, 0) is 18.1 Å². The van der Waals surface area contributed by atoms with E-state index in [1.165, 1.54) is 5.56 Å². The Hall–Kier alpha value is -2.35. The summed E-state index contributed by atoms with van der Waals surface area (Å²) < 4.78 is 8.03. The van der Waals surface area contributed by atoms with Gasteiger partial charge in [-0.3, -0.25) is 0 Å². The largest absolute Gasteiger partial charge is 0.435 e. The van der Waals surface area contributed by atoms with Crippen molar-refractivity contribution in [3.63, 3.8) is 0 Å². The van der Waals surface area contributed by atoms with Gasteiger partial charge >= 0.3 is 0 Å². The van der Waals surface area contributed by atoms with Crippen LogP contribution in [0.15, 0.2) is 61.2 Å². The SMILES string of the molecule is C=CCc1cccc2c1OC[N+](c1ccccc1)=C2. The summed E-state index contributed by atoms with van der Waals surface area (Å²) in [6, 6.07) is 16.5. The molecule has 3 rings (SSSR count). The van der Waals surface area contributed by atoms with Crippen LogP contribution < -0.4 is 4.74 Å². The minimum absolute atomic E-state index is 0.547. The molecule has 0 atom stereocenters. The molecule has 1 heterocycles. The first kappa shape index (κ1) is 11.7. The van der Waals surface area contributed by atoms with Crippen molar-refractivity contribution in [1.82, 2.24) is 0 Å². The molecule has 0 aliphatic carbocycles. The number of fused-ring (bicyclic) bond motifs is 1. The van der Waals surface area contributed by atoms with E-state index < -0.39 is 0 Å². The van der Waals surface area contributed by atoms with Gasteiger partial charge in [0.15, 0.2) is 6.21 Å². The van der Waals surface area contributed by atoms with Gasteiger partial charge in [-0.2, -0.15) is 4.58 Å². The Bertz CT molecular complexity index is 629. The van der Waals surface area contributed by atoms with Gasteiger partial charge in [0.1, 0.15) is 5.75 Å². The molecule has 0 saturated carbocycles. The lowest BCUT2D eigenvalue weighted by Gasteiger charge is -2.16. The molecule has 0 radical (unpaired) electrons. The average Bonchev–Trinajstić information content (AvgIpc) is 2.48. The molecule has 19 heavy (non-hydrogen) atoms. The van der Waals surface area contributed by atoms with E-state index in [2.05, 4.69) is 47.7 Å². The van der Waals surface area contributed by atoms with Gasteiger partial charge in [0.05, 0.1) is 5.56 Å². The molecule has 0 saturated heterocycles. The average molecular weight is 250 g/mol. The van der Waals surface area contributed by atoms with Crippen molar-refractivity contribution in [1.29, 1.82) is 0 Å². The fraction of sp³-hybridized carbons (Fsp3) is 0.118. The quantitative estimate of drug-likeness (QED) is 0.599. The smallest absolute Gasteiger partial charge is 0.292 e. The number of ether oxygens (including phenoxy) is 1. The van der Waals surface area contributed by atoms with Crippen LogP contribution in [0.5, 0.6) is 5.75 Å². The lowest BCUT2D eigenvalue weighted by molar-refractivity contribution is -0.476. The van der Waals surface area contributed by atoms with E-state index in [0.29, 0.717) is 6.73 Å². The lowest BCUT2D eigenvalue weighted by atomic mass is 10.1. The first-order valence-corrected chi connectivity index (χ1v) is 6.40. The second-order valence-electron chi connectivity index (χ2n) is 4.54. The van der Waals surface area contributed by atoms with Gasteiger partial charge in [-0.25, -0.2) is 0 Å². The van der Waals surface area contributed by atoms with Crippen LogP contribution in [0, 0.1) is 0 Å². The zero-order chi connectivity index (χ0) is 13.1. The minimum atomic E-state index is 0.547. The first-order valence-electron chi connectivity index (χ1n) is 6.40. The predicted octanol–water partition coefficient (Wildman–Crippen LogP) is 3.53. The number of para-hydroxylation sites is 2. The lowest BCUT2D eigenvalue weighted by Crippen LogP contribution is -2.21. The van der Waals surface area contributed by atoms with E-state index in [9.17, 15) is 0 Å². The van der Waals surface area contributed by atoms with Crippen molar-refractivity contribution in [3.05, 3.63) is 72.3 Å². The number of benzene rings is 2. The molecule has 0 unspecified atom stereocenters. The molecule has 0 aromatic heterocycles. The number of hydrogen-bond donors (Lipinski definition) is 0. The maximum atomic E-state index is 5.92. The summed E-state index contributed by atoms with van der Waals surface area (Å²) in [4.78, 5) is 0. The summed E-state index contributed by atoms with van der Waals surface area (Å²) in [5, 5.41) is 0. The Balaban J connectivity index is 2.02. The Kier molecular flexibility index (Phi) is 3.15. The molecule has 1 aliphatic rings. The van der Waals surface area contributed by atoms with Crippen LogP contribution in [0.4, 0.5) is 5.69 Å². The predicted molar refractivity (Wildman–Crippen MR) is 77.4 cm³/mol. The van der Waals surface area contributed by atoms with Crippen LogP contribution in [0.1, 0.15) is 11.1 Å². The van der Waals surface area contributed by atoms with E-state index in [1.54, 1.807) is 0 Å². The fourth-order valence-electron chi connectivity index (χ4n) is 2.31. The van der Waals surface area contributed by atoms with Crippen LogP contribution in [0.25, 0.3) is 0 Å². The minimum Gasteiger partial charge on any atom is -0.435 e. The van der Waals surface area contributed by atoms with Crippen LogP contribution in [0.3, 0.4) is 0 Å². The Morgan fingerprint density at radius 3 is 2.74 bits per heavy atom. The number of rotatable bonds is 3. The van der Waals surface area contributed by atoms with Crippen molar-refractivity contribution in [3.8, 4) is 5.75 Å². The number of allylic oxidation sites excluding steroid dienone is 1. The van der Waals surface area contributed by atoms with Crippen LogP contribution in [0.2, 0.25) is 0 Å². The third-order valence-electron chi connectivity index (χ3n) is 3.22. The van der Waals surface area contributed by atoms with Crippen molar-refractivity contribution in [2.24, 2.45) is 0 Å². The Morgan fingerprint density at radius 2 is 1.95 bits per heavy atom. The van der Waals surface area contributed by atoms with Crippen LogP contribution >= 0.6 is 0 Å². The van der Waals surface area contributed by atoms with Gasteiger partial charge < -0.3 is 4.74 Å². The fourth-order valence-corrected chi connectivity index (χ4v) is 2.31. The molecule has 94 valence electrons. The highest BCUT2D eigenvalue weighted by Gasteiger charge is 2.20. The Labute approximate surface area is 113 Å². The zero-order valence-electron chi connectivity index (χ0n) is 10.8. The summed E-state index contributed by atoms with van der Waals surface area (Å²) in [5.41, 5.74) is 3.45. The highest BCUT2D eigenvalue weighted by molar-refractivity contribution is 5.82. The van der Waals surface area contributed by atoms with Gasteiger partial charge in [0.2, 0.25) is 5.69 Å². The van der Waals surface area contributed by atoms with Crippen LogP contribution in [-0.2, 0) is 6.42 Å². The topological polar surface area (TPSA) is 12.2 Å². The van der Waals surface area contributed by atoms with Gasteiger partial charge in [0, 0.05) is 12.1 Å². The van der Waals surface area contributed by atoms with Crippen molar-refractivity contribution >= 4 is 11.9 Å². The summed E-state index contributed by atoms with van der Waals surface area (Å²) in [6.45, 7) is 4.34. The molecule has 1 aliphatic heterocycles. The number of hydrogen-bond acceptors (Lipinski definition) is 1. The van der Waals surface area contributed by atoms with Crippen LogP contribution in [-0.4, -0.2) is 17.5 Å². The van der Waals surface area contributed by atoms with Crippen molar-refractivity contribution in [2.75, 3.05) is 6.73 Å². The van der Waals surface area contributed by atoms with Crippen molar-refractivity contribution < 1.29 is 9.31 Å². The molecule has 2 aromatic carbocycles. The molecule has 2 aromatic rings. The second kappa shape index (κ2) is 5.11. The van der Waals surface area contributed by atoms with Gasteiger partial charge in [0.25, 0.3) is 6.73 Å². The highest BCUT2D eigenvalue weighted by atomic mass is 16.5. The molecule has 0 amide bonds. The number of nitrogens with zero attached hydrogens (tertiary/aromatic N) is 1. The maximum absolute atomic E-state index is 5.92. The molecule has 0 spiro atoms. The summed E-state index contributed by atoms with van der Waals surface area (Å²) in [7, 11) is 0. The molecule has 2 heteroatoms. The molecule has 0 N–H and O–H groups in total. The summed E-state index contributed by atoms with van der Waals surface area (Å²) >= 11 is 0. The molecule has 0 bridgehead atoms. The van der Waals surface area contributed by atoms with E-state index in [4.69, 9.17) is 4.74 Å². The molecular weight excluding hydrogens is 234 g/mol. The first-order chi connectivity index (χ1) is 9.38. The maximum Gasteiger partial charge on any atom is 0.292 e. The van der Waals surface area contributed by atoms with E-state index >= 15 is 0 Å². The molecular formula is C17H16NO+. The van der Waals surface area contributed by atoms with Crippen molar-refractivity contribution in [2.45, 2.75) is 6.42 Å². The third-order valence-corrected chi connectivity index (χ3v) is 3.22. The van der Waals surface area contributed by atoms with E-state index in [0.717, 1.165) is 23.4 Å². The summed E-state index contributed by atoms with van der Waals surface area (Å²) in [6.07, 6.45) is 4.88. The van der Waals surface area contributed by atoms with E-state index in [-0.39, 0.29) is 0 Å². The molecule has 0 fully saturated rings. The zero-order valence-corrected chi connectivity index (χ0v) is 10.8. The second-order valence-corrected chi connectivity index (χ2v) is 4.54. The highest BCUT2D eigenvalue weighted by Crippen LogP contribution is 2.27. The van der Waals surface area contributed by atoms with Gasteiger partial charge in [-0.15, -0.1) is 6.58 Å². The monoisotopic (exact) mass is 250 g/mol. The Morgan fingerprint density at radius 1 is 1.11 bits per heavy atom. The third kappa shape index (κ3) is 2.29. The van der Waals surface area contributed by atoms with Gasteiger partial charge in [-0.1, -0.05) is 36.4 Å². The molecule has 2 nitrogen and oxygen atoms in total. The standard InChI is InChI=1S/C17H16NO/c1-2-7-14-8-6-9-15-12-18(13-19-17(14)15)16-10-4-3-5-11-16/h2-6,8-12H,1,7,13H2/q+1.